The third kappa shape index (κ3) is 4.93. The highest BCUT2D eigenvalue weighted by atomic mass is 16.3. The molecule has 1 N–H and O–H groups in total. The number of aromatic nitrogens is 2. The molecule has 29 heavy (non-hydrogen) atoms. The number of rotatable bonds is 7. The first kappa shape index (κ1) is 19.8. The molecule has 2 aromatic carbocycles. The summed E-state index contributed by atoms with van der Waals surface area (Å²) in [5, 5.41) is 14.0. The van der Waals surface area contributed by atoms with Crippen molar-refractivity contribution in [3.8, 4) is 5.69 Å². The fraction of sp³-hybridized carbons (Fsp3) is 0.375. The van der Waals surface area contributed by atoms with Gasteiger partial charge in [0.15, 0.2) is 0 Å². The molecule has 0 amide bonds. The molecule has 0 aliphatic carbocycles. The summed E-state index contributed by atoms with van der Waals surface area (Å²) in [5.74, 6) is 0. The molecule has 2 heterocycles. The zero-order valence-electron chi connectivity index (χ0n) is 17.1. The molecular formula is C24H30N4O. The Balaban J connectivity index is 1.42. The van der Waals surface area contributed by atoms with Crippen molar-refractivity contribution >= 4 is 0 Å². The van der Waals surface area contributed by atoms with Gasteiger partial charge in [-0.3, -0.25) is 9.80 Å². The maximum absolute atomic E-state index is 9.62. The average Bonchev–Trinajstić information content (AvgIpc) is 3.27. The Morgan fingerprint density at radius 3 is 2.72 bits per heavy atom. The zero-order valence-corrected chi connectivity index (χ0v) is 17.1. The van der Waals surface area contributed by atoms with Gasteiger partial charge in [-0.2, -0.15) is 5.10 Å². The van der Waals surface area contributed by atoms with Gasteiger partial charge in [-0.05, 0) is 48.2 Å². The Morgan fingerprint density at radius 1 is 1.03 bits per heavy atom. The molecule has 1 aliphatic heterocycles. The van der Waals surface area contributed by atoms with Gasteiger partial charge in [0.1, 0.15) is 0 Å². The molecule has 4 rings (SSSR count). The lowest BCUT2D eigenvalue weighted by molar-refractivity contribution is 0.0498. The van der Waals surface area contributed by atoms with Crippen LogP contribution in [-0.2, 0) is 13.1 Å². The highest BCUT2D eigenvalue weighted by Crippen LogP contribution is 2.20. The average molecular weight is 391 g/mol. The summed E-state index contributed by atoms with van der Waals surface area (Å²) in [6, 6.07) is 19.5. The summed E-state index contributed by atoms with van der Waals surface area (Å²) >= 11 is 0. The minimum atomic E-state index is 0.234. The van der Waals surface area contributed by atoms with Crippen LogP contribution in [0.25, 0.3) is 5.69 Å². The molecule has 0 bridgehead atoms. The van der Waals surface area contributed by atoms with E-state index in [9.17, 15) is 5.11 Å². The fourth-order valence-electron chi connectivity index (χ4n) is 4.22. The monoisotopic (exact) mass is 390 g/mol. The number of aryl methyl sites for hydroxylation is 1. The third-order valence-corrected chi connectivity index (χ3v) is 5.87. The maximum Gasteiger partial charge on any atom is 0.0648 e. The van der Waals surface area contributed by atoms with Gasteiger partial charge in [0, 0.05) is 57.8 Å². The van der Waals surface area contributed by atoms with Crippen LogP contribution in [0.5, 0.6) is 0 Å². The molecule has 1 aromatic heterocycles. The minimum absolute atomic E-state index is 0.234. The Hall–Kier alpha value is -2.47. The summed E-state index contributed by atoms with van der Waals surface area (Å²) in [4.78, 5) is 5.05. The molecule has 1 fully saturated rings. The summed E-state index contributed by atoms with van der Waals surface area (Å²) in [5.41, 5.74) is 5.12. The lowest BCUT2D eigenvalue weighted by Gasteiger charge is -2.41. The highest BCUT2D eigenvalue weighted by molar-refractivity contribution is 5.35. The van der Waals surface area contributed by atoms with Gasteiger partial charge in [-0.1, -0.05) is 36.4 Å². The largest absolute Gasteiger partial charge is 0.396 e. The fourth-order valence-corrected chi connectivity index (χ4v) is 4.22. The van der Waals surface area contributed by atoms with E-state index in [-0.39, 0.29) is 6.61 Å². The molecule has 3 aromatic rings. The van der Waals surface area contributed by atoms with Crippen LogP contribution >= 0.6 is 0 Å². The molecule has 1 aliphatic rings. The van der Waals surface area contributed by atoms with Crippen molar-refractivity contribution in [2.75, 3.05) is 26.2 Å². The minimum Gasteiger partial charge on any atom is -0.396 e. The quantitative estimate of drug-likeness (QED) is 0.673. The van der Waals surface area contributed by atoms with Crippen molar-refractivity contribution < 1.29 is 5.11 Å². The van der Waals surface area contributed by atoms with Crippen molar-refractivity contribution in [2.45, 2.75) is 32.5 Å². The second-order valence-corrected chi connectivity index (χ2v) is 7.92. The van der Waals surface area contributed by atoms with E-state index < -0.39 is 0 Å². The van der Waals surface area contributed by atoms with Gasteiger partial charge in [0.25, 0.3) is 0 Å². The van der Waals surface area contributed by atoms with E-state index in [0.717, 1.165) is 44.8 Å². The summed E-state index contributed by atoms with van der Waals surface area (Å²) in [7, 11) is 0. The van der Waals surface area contributed by atoms with Crippen LogP contribution in [0, 0.1) is 6.92 Å². The molecule has 152 valence electrons. The van der Waals surface area contributed by atoms with E-state index in [2.05, 4.69) is 70.4 Å². The summed E-state index contributed by atoms with van der Waals surface area (Å²) in [6.07, 6.45) is 4.59. The number of aliphatic hydroxyl groups excluding tert-OH is 1. The lowest BCUT2D eigenvalue weighted by atomic mass is 10.0. The number of hydrogen-bond donors (Lipinski definition) is 1. The molecule has 0 spiro atoms. The Bertz CT molecular complexity index is 909. The number of hydrogen-bond acceptors (Lipinski definition) is 4. The van der Waals surface area contributed by atoms with Crippen molar-refractivity contribution in [2.24, 2.45) is 0 Å². The molecule has 5 heteroatoms. The number of aliphatic hydroxyl groups is 1. The number of piperazine rings is 1. The van der Waals surface area contributed by atoms with Gasteiger partial charge < -0.3 is 5.11 Å². The van der Waals surface area contributed by atoms with E-state index in [1.807, 2.05) is 16.9 Å². The van der Waals surface area contributed by atoms with Crippen LogP contribution in [0.3, 0.4) is 0 Å². The molecule has 1 unspecified atom stereocenters. The first-order valence-corrected chi connectivity index (χ1v) is 10.4. The van der Waals surface area contributed by atoms with E-state index in [4.69, 9.17) is 0 Å². The van der Waals surface area contributed by atoms with Crippen LogP contribution in [-0.4, -0.2) is 57.0 Å². The molecule has 0 radical (unpaired) electrons. The smallest absolute Gasteiger partial charge is 0.0648 e. The van der Waals surface area contributed by atoms with Gasteiger partial charge in [-0.25, -0.2) is 4.68 Å². The van der Waals surface area contributed by atoms with E-state index in [1.165, 1.54) is 16.7 Å². The molecule has 0 saturated carbocycles. The van der Waals surface area contributed by atoms with Gasteiger partial charge in [-0.15, -0.1) is 0 Å². The van der Waals surface area contributed by atoms with Gasteiger partial charge in [0.05, 0.1) is 5.69 Å². The molecule has 1 atom stereocenters. The summed E-state index contributed by atoms with van der Waals surface area (Å²) in [6.45, 7) is 7.35. The van der Waals surface area contributed by atoms with Crippen molar-refractivity contribution in [1.82, 2.24) is 19.6 Å². The van der Waals surface area contributed by atoms with E-state index >= 15 is 0 Å². The molecular weight excluding hydrogens is 360 g/mol. The Morgan fingerprint density at radius 2 is 1.93 bits per heavy atom. The first-order valence-electron chi connectivity index (χ1n) is 10.4. The third-order valence-electron chi connectivity index (χ3n) is 5.87. The van der Waals surface area contributed by atoms with Crippen LogP contribution in [0.1, 0.15) is 23.1 Å². The summed E-state index contributed by atoms with van der Waals surface area (Å²) < 4.78 is 1.90. The highest BCUT2D eigenvalue weighted by Gasteiger charge is 2.27. The number of nitrogens with zero attached hydrogens (tertiary/aromatic N) is 4. The maximum atomic E-state index is 9.62. The van der Waals surface area contributed by atoms with Crippen molar-refractivity contribution in [3.05, 3.63) is 83.7 Å². The lowest BCUT2D eigenvalue weighted by Crippen LogP contribution is -2.52. The van der Waals surface area contributed by atoms with E-state index in [0.29, 0.717) is 6.04 Å². The predicted octanol–water partition coefficient (Wildman–Crippen LogP) is 3.25. The topological polar surface area (TPSA) is 44.5 Å². The van der Waals surface area contributed by atoms with Crippen LogP contribution < -0.4 is 0 Å². The SMILES string of the molecule is Cc1ccccc1CN1CCN(Cc2cccc(-n3cccn3)c2)CC1CCO. The molecule has 1 saturated heterocycles. The predicted molar refractivity (Wildman–Crippen MR) is 116 cm³/mol. The van der Waals surface area contributed by atoms with Gasteiger partial charge in [0.2, 0.25) is 0 Å². The first-order chi connectivity index (χ1) is 14.2. The van der Waals surface area contributed by atoms with Gasteiger partial charge >= 0.3 is 0 Å². The van der Waals surface area contributed by atoms with Crippen LogP contribution in [0.15, 0.2) is 67.0 Å². The van der Waals surface area contributed by atoms with Crippen molar-refractivity contribution in [3.63, 3.8) is 0 Å². The molecule has 5 nitrogen and oxygen atoms in total. The number of benzene rings is 2. The second-order valence-electron chi connectivity index (χ2n) is 7.92. The van der Waals surface area contributed by atoms with Crippen LogP contribution in [0.2, 0.25) is 0 Å². The van der Waals surface area contributed by atoms with E-state index in [1.54, 1.807) is 6.20 Å². The zero-order chi connectivity index (χ0) is 20.1. The standard InChI is InChI=1S/C24H30N4O/c1-20-6-2-3-8-22(20)18-27-14-13-26(19-24(27)10-15-29)17-21-7-4-9-23(16-21)28-12-5-11-25-28/h2-9,11-12,16,24,29H,10,13-15,17-19H2,1H3. The Kier molecular flexibility index (Phi) is 6.39. The second kappa shape index (κ2) is 9.35. The van der Waals surface area contributed by atoms with Crippen molar-refractivity contribution in [1.29, 1.82) is 0 Å². The Labute approximate surface area is 173 Å². The van der Waals surface area contributed by atoms with Crippen LogP contribution in [0.4, 0.5) is 0 Å². The normalized spacial score (nSPS) is 18.2.